The summed E-state index contributed by atoms with van der Waals surface area (Å²) in [5.74, 6) is 0. The molecule has 0 radical (unpaired) electrons. The van der Waals surface area contributed by atoms with Crippen LogP contribution in [0.5, 0.6) is 0 Å². The van der Waals surface area contributed by atoms with Crippen LogP contribution < -0.4 is 5.48 Å². The molecule has 15 heavy (non-hydrogen) atoms. The number of nitrogens with zero attached hydrogens (tertiary/aromatic N) is 1. The second-order valence-electron chi connectivity index (χ2n) is 3.08. The van der Waals surface area contributed by atoms with Gasteiger partial charge in [0.1, 0.15) is 5.69 Å². The highest BCUT2D eigenvalue weighted by Crippen LogP contribution is 2.22. The van der Waals surface area contributed by atoms with E-state index in [2.05, 4.69) is 5.48 Å². The fourth-order valence-electron chi connectivity index (χ4n) is 1.06. The van der Waals surface area contributed by atoms with Gasteiger partial charge in [0, 0.05) is 6.07 Å². The van der Waals surface area contributed by atoms with Crippen LogP contribution in [0.4, 0.5) is 11.4 Å². The summed E-state index contributed by atoms with van der Waals surface area (Å²) in [6.07, 6.45) is 1.95. The van der Waals surface area contributed by atoms with Crippen molar-refractivity contribution < 1.29 is 9.76 Å². The van der Waals surface area contributed by atoms with Crippen molar-refractivity contribution in [2.75, 3.05) is 12.1 Å². The molecule has 1 N–H and O–H groups in total. The predicted molar refractivity (Wildman–Crippen MR) is 57.6 cm³/mol. The highest BCUT2D eigenvalue weighted by molar-refractivity contribution is 5.59. The molecule has 5 nitrogen and oxygen atoms in total. The van der Waals surface area contributed by atoms with Crippen LogP contribution in [0, 0.1) is 10.1 Å². The summed E-state index contributed by atoms with van der Waals surface area (Å²) < 4.78 is 0. The number of para-hydroxylation sites is 2. The molecule has 0 unspecified atom stereocenters. The third kappa shape index (κ3) is 3.55. The first kappa shape index (κ1) is 11.5. The normalized spacial score (nSPS) is 9.93. The molecule has 0 aliphatic carbocycles. The van der Waals surface area contributed by atoms with Crippen LogP contribution in [0.15, 0.2) is 24.3 Å². The summed E-state index contributed by atoms with van der Waals surface area (Å²) in [5, 5.41) is 10.6. The molecule has 0 amide bonds. The number of nitro groups is 1. The lowest BCUT2D eigenvalue weighted by Gasteiger charge is -2.06. The summed E-state index contributed by atoms with van der Waals surface area (Å²) in [5.41, 5.74) is 3.00. The van der Waals surface area contributed by atoms with Crippen LogP contribution in [0.25, 0.3) is 0 Å². The van der Waals surface area contributed by atoms with Gasteiger partial charge in [-0.1, -0.05) is 25.5 Å². The van der Waals surface area contributed by atoms with E-state index in [0.717, 1.165) is 12.8 Å². The highest BCUT2D eigenvalue weighted by atomic mass is 16.6. The third-order valence-corrected chi connectivity index (χ3v) is 1.88. The van der Waals surface area contributed by atoms with E-state index in [1.807, 2.05) is 6.92 Å². The van der Waals surface area contributed by atoms with Gasteiger partial charge in [0.05, 0.1) is 11.5 Å². The van der Waals surface area contributed by atoms with E-state index < -0.39 is 4.92 Å². The van der Waals surface area contributed by atoms with Gasteiger partial charge >= 0.3 is 0 Å². The molecule has 0 aromatic heterocycles. The lowest BCUT2D eigenvalue weighted by atomic mass is 10.3. The van der Waals surface area contributed by atoms with Crippen LogP contribution in [-0.2, 0) is 4.84 Å². The van der Waals surface area contributed by atoms with Crippen molar-refractivity contribution in [3.05, 3.63) is 34.4 Å². The molecule has 0 heterocycles. The van der Waals surface area contributed by atoms with Crippen molar-refractivity contribution in [2.24, 2.45) is 0 Å². The number of benzene rings is 1. The number of rotatable bonds is 6. The topological polar surface area (TPSA) is 64.4 Å². The molecule has 0 saturated heterocycles. The van der Waals surface area contributed by atoms with Gasteiger partial charge < -0.3 is 0 Å². The summed E-state index contributed by atoms with van der Waals surface area (Å²) in [6, 6.07) is 6.39. The van der Waals surface area contributed by atoms with Crippen LogP contribution in [0.1, 0.15) is 19.8 Å². The minimum atomic E-state index is -0.439. The summed E-state index contributed by atoms with van der Waals surface area (Å²) in [7, 11) is 0. The average molecular weight is 210 g/mol. The Morgan fingerprint density at radius 2 is 2.20 bits per heavy atom. The van der Waals surface area contributed by atoms with Gasteiger partial charge in [-0.25, -0.2) is 0 Å². The zero-order valence-corrected chi connectivity index (χ0v) is 8.60. The molecule has 82 valence electrons. The maximum absolute atomic E-state index is 10.6. The minimum absolute atomic E-state index is 0.0222. The highest BCUT2D eigenvalue weighted by Gasteiger charge is 2.11. The molecule has 5 heteroatoms. The molecule has 0 saturated carbocycles. The first-order chi connectivity index (χ1) is 7.25. The van der Waals surface area contributed by atoms with Gasteiger partial charge in [-0.15, -0.1) is 0 Å². The van der Waals surface area contributed by atoms with Crippen molar-refractivity contribution in [2.45, 2.75) is 19.8 Å². The van der Waals surface area contributed by atoms with Crippen LogP contribution >= 0.6 is 0 Å². The second kappa shape index (κ2) is 5.98. The van der Waals surface area contributed by atoms with E-state index in [9.17, 15) is 10.1 Å². The molecular formula is C10H14N2O3. The van der Waals surface area contributed by atoms with Gasteiger partial charge in [0.25, 0.3) is 5.69 Å². The summed E-state index contributed by atoms with van der Waals surface area (Å²) >= 11 is 0. The first-order valence-corrected chi connectivity index (χ1v) is 4.87. The predicted octanol–water partition coefficient (Wildman–Crippen LogP) is 2.74. The molecule has 0 bridgehead atoms. The second-order valence-corrected chi connectivity index (χ2v) is 3.08. The number of nitrogens with one attached hydrogen (secondary N) is 1. The number of hydrogen-bond donors (Lipinski definition) is 1. The Hall–Kier alpha value is -1.62. The Balaban J connectivity index is 2.56. The standard InChI is InChI=1S/C10H14N2O3/c1-2-3-8-15-11-9-6-4-5-7-10(9)12(13)14/h4-7,11H,2-3,8H2,1H3. The minimum Gasteiger partial charge on any atom is -0.276 e. The van der Waals surface area contributed by atoms with Gasteiger partial charge in [-0.3, -0.25) is 20.4 Å². The summed E-state index contributed by atoms with van der Waals surface area (Å²) in [4.78, 5) is 15.3. The first-order valence-electron chi connectivity index (χ1n) is 4.87. The smallest absolute Gasteiger partial charge is 0.276 e. The molecule has 0 aliphatic rings. The Labute approximate surface area is 88.2 Å². The SMILES string of the molecule is CCCCONc1ccccc1[N+](=O)[O-]. The van der Waals surface area contributed by atoms with Gasteiger partial charge in [0.2, 0.25) is 0 Å². The third-order valence-electron chi connectivity index (χ3n) is 1.88. The average Bonchev–Trinajstić information content (AvgIpc) is 2.25. The van der Waals surface area contributed by atoms with Gasteiger partial charge in [-0.05, 0) is 12.5 Å². The molecule has 0 aliphatic heterocycles. The quantitative estimate of drug-likeness (QED) is 0.445. The fourth-order valence-corrected chi connectivity index (χ4v) is 1.06. The largest absolute Gasteiger partial charge is 0.294 e. The lowest BCUT2D eigenvalue weighted by molar-refractivity contribution is -0.384. The molecule has 0 fully saturated rings. The van der Waals surface area contributed by atoms with Gasteiger partial charge in [-0.2, -0.15) is 0 Å². The maximum Gasteiger partial charge on any atom is 0.294 e. The van der Waals surface area contributed by atoms with Crippen LogP contribution in [0.2, 0.25) is 0 Å². The van der Waals surface area contributed by atoms with Crippen LogP contribution in [-0.4, -0.2) is 11.5 Å². The monoisotopic (exact) mass is 210 g/mol. The maximum atomic E-state index is 10.6. The number of nitro benzene ring substituents is 1. The molecular weight excluding hydrogens is 196 g/mol. The zero-order valence-electron chi connectivity index (χ0n) is 8.60. The van der Waals surface area contributed by atoms with Crippen LogP contribution in [0.3, 0.4) is 0 Å². The molecule has 1 aromatic carbocycles. The number of anilines is 1. The Morgan fingerprint density at radius 3 is 2.87 bits per heavy atom. The summed E-state index contributed by atoms with van der Waals surface area (Å²) in [6.45, 7) is 2.59. The fraction of sp³-hybridized carbons (Fsp3) is 0.400. The zero-order chi connectivity index (χ0) is 11.1. The lowest BCUT2D eigenvalue weighted by Crippen LogP contribution is -2.04. The van der Waals surface area contributed by atoms with E-state index in [1.165, 1.54) is 6.07 Å². The number of hydrogen-bond acceptors (Lipinski definition) is 4. The molecule has 0 spiro atoms. The van der Waals surface area contributed by atoms with Crippen molar-refractivity contribution in [3.8, 4) is 0 Å². The van der Waals surface area contributed by atoms with E-state index in [-0.39, 0.29) is 5.69 Å². The molecule has 1 aromatic rings. The van der Waals surface area contributed by atoms with Gasteiger partial charge in [0.15, 0.2) is 0 Å². The van der Waals surface area contributed by atoms with E-state index in [0.29, 0.717) is 12.3 Å². The van der Waals surface area contributed by atoms with Crippen molar-refractivity contribution >= 4 is 11.4 Å². The molecule has 1 rings (SSSR count). The Bertz CT molecular complexity index is 328. The van der Waals surface area contributed by atoms with Crippen molar-refractivity contribution in [1.29, 1.82) is 0 Å². The Kier molecular flexibility index (Phi) is 4.56. The molecule has 0 atom stereocenters. The Morgan fingerprint density at radius 1 is 1.47 bits per heavy atom. The van der Waals surface area contributed by atoms with Crippen molar-refractivity contribution in [3.63, 3.8) is 0 Å². The van der Waals surface area contributed by atoms with Crippen molar-refractivity contribution in [1.82, 2.24) is 0 Å². The number of unbranched alkanes of at least 4 members (excludes halogenated alkanes) is 1. The van der Waals surface area contributed by atoms with E-state index >= 15 is 0 Å². The van der Waals surface area contributed by atoms with E-state index in [1.54, 1.807) is 18.2 Å². The van der Waals surface area contributed by atoms with E-state index in [4.69, 9.17) is 4.84 Å².